The monoisotopic (exact) mass is 416 g/mol. The number of rotatable bonds is 8. The Kier molecular flexibility index (Phi) is 8.39. The van der Waals surface area contributed by atoms with Crippen LogP contribution in [0, 0.1) is 5.82 Å². The number of piperazine rings is 1. The summed E-state index contributed by atoms with van der Waals surface area (Å²) in [7, 11) is 0. The van der Waals surface area contributed by atoms with Crippen molar-refractivity contribution in [2.75, 3.05) is 51.1 Å². The molecule has 2 aliphatic rings. The Balaban J connectivity index is 1.43. The van der Waals surface area contributed by atoms with Gasteiger partial charge < -0.3 is 10.2 Å². The van der Waals surface area contributed by atoms with E-state index in [1.165, 1.54) is 24.3 Å². The summed E-state index contributed by atoms with van der Waals surface area (Å²) in [6.07, 6.45) is 7.63. The number of hydrogen-bond acceptors (Lipinski definition) is 4. The average molecular weight is 417 g/mol. The standard InChI is InChI=1S/C23H33FN4O2/c1-2-11-28(21-9-4-3-5-10-21)23(30)18-27-14-12-26(13-15-27)17-22(29)25-20-8-6-7-19(24)16-20/h6-9,16H,2-5,10-15,17-18H2,1H3,(H,25,29). The minimum Gasteiger partial charge on any atom is -0.325 e. The van der Waals surface area contributed by atoms with Gasteiger partial charge in [-0.3, -0.25) is 19.4 Å². The van der Waals surface area contributed by atoms with Crippen LogP contribution in [0.1, 0.15) is 39.0 Å². The molecule has 0 radical (unpaired) electrons. The second-order valence-corrected chi connectivity index (χ2v) is 8.10. The summed E-state index contributed by atoms with van der Waals surface area (Å²) in [5.74, 6) is -0.335. The zero-order valence-electron chi connectivity index (χ0n) is 17.9. The van der Waals surface area contributed by atoms with Gasteiger partial charge in [0.2, 0.25) is 11.8 Å². The lowest BCUT2D eigenvalue weighted by molar-refractivity contribution is -0.131. The van der Waals surface area contributed by atoms with Gasteiger partial charge in [-0.25, -0.2) is 4.39 Å². The van der Waals surface area contributed by atoms with Crippen molar-refractivity contribution in [1.82, 2.24) is 14.7 Å². The molecule has 0 saturated carbocycles. The Morgan fingerprint density at radius 3 is 2.47 bits per heavy atom. The number of amides is 2. The molecule has 6 nitrogen and oxygen atoms in total. The molecule has 2 amide bonds. The summed E-state index contributed by atoms with van der Waals surface area (Å²) in [6.45, 7) is 6.59. The van der Waals surface area contributed by atoms with Crippen molar-refractivity contribution in [2.45, 2.75) is 39.0 Å². The first kappa shape index (κ1) is 22.4. The van der Waals surface area contributed by atoms with Gasteiger partial charge in [0.05, 0.1) is 13.1 Å². The first-order valence-electron chi connectivity index (χ1n) is 11.0. The van der Waals surface area contributed by atoms with E-state index >= 15 is 0 Å². The molecule has 0 atom stereocenters. The number of anilines is 1. The summed E-state index contributed by atoms with van der Waals surface area (Å²) < 4.78 is 13.2. The third-order valence-electron chi connectivity index (χ3n) is 5.66. The van der Waals surface area contributed by atoms with Crippen LogP contribution in [-0.4, -0.2) is 72.3 Å². The van der Waals surface area contributed by atoms with E-state index in [1.54, 1.807) is 12.1 Å². The first-order valence-corrected chi connectivity index (χ1v) is 11.0. The van der Waals surface area contributed by atoms with Crippen LogP contribution in [0.3, 0.4) is 0 Å². The Morgan fingerprint density at radius 1 is 1.10 bits per heavy atom. The van der Waals surface area contributed by atoms with Crippen LogP contribution in [-0.2, 0) is 9.59 Å². The number of nitrogens with one attached hydrogen (secondary N) is 1. The molecule has 0 spiro atoms. The lowest BCUT2D eigenvalue weighted by Crippen LogP contribution is -2.51. The van der Waals surface area contributed by atoms with Gasteiger partial charge >= 0.3 is 0 Å². The molecule has 164 valence electrons. The van der Waals surface area contributed by atoms with Gasteiger partial charge in [0.25, 0.3) is 0 Å². The second-order valence-electron chi connectivity index (χ2n) is 8.10. The first-order chi connectivity index (χ1) is 14.5. The fourth-order valence-corrected chi connectivity index (χ4v) is 4.07. The molecule has 1 heterocycles. The van der Waals surface area contributed by atoms with Gasteiger partial charge in [-0.1, -0.05) is 19.1 Å². The molecular weight excluding hydrogens is 383 g/mol. The highest BCUT2D eigenvalue weighted by molar-refractivity contribution is 5.92. The summed E-state index contributed by atoms with van der Waals surface area (Å²) in [5.41, 5.74) is 1.66. The third-order valence-corrected chi connectivity index (χ3v) is 5.66. The molecule has 0 bridgehead atoms. The largest absolute Gasteiger partial charge is 0.325 e. The van der Waals surface area contributed by atoms with Crippen molar-refractivity contribution in [3.05, 3.63) is 41.9 Å². The number of allylic oxidation sites excluding steroid dienone is 2. The summed E-state index contributed by atoms with van der Waals surface area (Å²) >= 11 is 0. The van der Waals surface area contributed by atoms with E-state index in [0.29, 0.717) is 12.2 Å². The van der Waals surface area contributed by atoms with Crippen molar-refractivity contribution in [2.24, 2.45) is 0 Å². The molecule has 3 rings (SSSR count). The molecule has 1 aliphatic heterocycles. The molecule has 0 unspecified atom stereocenters. The zero-order chi connectivity index (χ0) is 21.3. The van der Waals surface area contributed by atoms with E-state index in [9.17, 15) is 14.0 Å². The number of benzene rings is 1. The van der Waals surface area contributed by atoms with E-state index in [0.717, 1.165) is 58.4 Å². The van der Waals surface area contributed by atoms with Crippen molar-refractivity contribution in [1.29, 1.82) is 0 Å². The van der Waals surface area contributed by atoms with Gasteiger partial charge in [-0.05, 0) is 50.3 Å². The van der Waals surface area contributed by atoms with E-state index in [2.05, 4.69) is 28.1 Å². The number of hydrogen-bond donors (Lipinski definition) is 1. The third kappa shape index (κ3) is 6.64. The molecule has 1 aromatic carbocycles. The normalized spacial score (nSPS) is 18.0. The smallest absolute Gasteiger partial charge is 0.240 e. The molecule has 1 aromatic rings. The predicted octanol–water partition coefficient (Wildman–Crippen LogP) is 3.08. The maximum atomic E-state index is 13.2. The van der Waals surface area contributed by atoms with Crippen LogP contribution in [0.4, 0.5) is 10.1 Å². The van der Waals surface area contributed by atoms with Gasteiger partial charge in [0.1, 0.15) is 5.82 Å². The summed E-state index contributed by atoms with van der Waals surface area (Å²) in [4.78, 5) is 31.4. The second kappa shape index (κ2) is 11.2. The van der Waals surface area contributed by atoms with E-state index in [-0.39, 0.29) is 24.2 Å². The Labute approximate surface area is 178 Å². The van der Waals surface area contributed by atoms with E-state index < -0.39 is 0 Å². The predicted molar refractivity (Wildman–Crippen MR) is 116 cm³/mol. The molecule has 7 heteroatoms. The Hall–Kier alpha value is -2.25. The van der Waals surface area contributed by atoms with Crippen LogP contribution in [0.5, 0.6) is 0 Å². The fraction of sp³-hybridized carbons (Fsp3) is 0.565. The maximum Gasteiger partial charge on any atom is 0.240 e. The van der Waals surface area contributed by atoms with Crippen LogP contribution in [0.15, 0.2) is 36.0 Å². The highest BCUT2D eigenvalue weighted by Crippen LogP contribution is 2.21. The molecule has 1 aliphatic carbocycles. The van der Waals surface area contributed by atoms with Gasteiger partial charge in [-0.15, -0.1) is 0 Å². The van der Waals surface area contributed by atoms with Gasteiger partial charge in [0.15, 0.2) is 0 Å². The molecular formula is C23H33FN4O2. The lowest BCUT2D eigenvalue weighted by Gasteiger charge is -2.35. The molecule has 30 heavy (non-hydrogen) atoms. The van der Waals surface area contributed by atoms with Crippen molar-refractivity contribution in [3.8, 4) is 0 Å². The van der Waals surface area contributed by atoms with Crippen molar-refractivity contribution < 1.29 is 14.0 Å². The Morgan fingerprint density at radius 2 is 1.83 bits per heavy atom. The highest BCUT2D eigenvalue weighted by atomic mass is 19.1. The fourth-order valence-electron chi connectivity index (χ4n) is 4.07. The van der Waals surface area contributed by atoms with Crippen LogP contribution in [0.2, 0.25) is 0 Å². The van der Waals surface area contributed by atoms with E-state index in [4.69, 9.17) is 0 Å². The molecule has 1 N–H and O–H groups in total. The van der Waals surface area contributed by atoms with Crippen LogP contribution >= 0.6 is 0 Å². The SMILES string of the molecule is CCCN(C(=O)CN1CCN(CC(=O)Nc2cccc(F)c2)CC1)C1=CCCCC1. The number of carbonyl (C=O) groups is 2. The van der Waals surface area contributed by atoms with Crippen molar-refractivity contribution in [3.63, 3.8) is 0 Å². The maximum absolute atomic E-state index is 13.2. The average Bonchev–Trinajstić information content (AvgIpc) is 2.74. The lowest BCUT2D eigenvalue weighted by atomic mass is 10.0. The number of carbonyl (C=O) groups excluding carboxylic acids is 2. The zero-order valence-corrected chi connectivity index (χ0v) is 17.9. The van der Waals surface area contributed by atoms with Crippen LogP contribution < -0.4 is 5.32 Å². The number of halogens is 1. The van der Waals surface area contributed by atoms with Crippen molar-refractivity contribution >= 4 is 17.5 Å². The van der Waals surface area contributed by atoms with Gasteiger partial charge in [-0.2, -0.15) is 0 Å². The summed E-state index contributed by atoms with van der Waals surface area (Å²) in [6, 6.07) is 5.91. The summed E-state index contributed by atoms with van der Waals surface area (Å²) in [5, 5.41) is 2.74. The van der Waals surface area contributed by atoms with Crippen LogP contribution in [0.25, 0.3) is 0 Å². The topological polar surface area (TPSA) is 55.9 Å². The highest BCUT2D eigenvalue weighted by Gasteiger charge is 2.24. The molecule has 0 aromatic heterocycles. The minimum absolute atomic E-state index is 0.150. The number of nitrogens with zero attached hydrogens (tertiary/aromatic N) is 3. The molecule has 1 saturated heterocycles. The minimum atomic E-state index is -0.368. The van der Waals surface area contributed by atoms with E-state index in [1.807, 2.05) is 4.90 Å². The van der Waals surface area contributed by atoms with Gasteiger partial charge in [0, 0.05) is 44.1 Å². The quantitative estimate of drug-likeness (QED) is 0.708. The molecule has 1 fully saturated rings. The Bertz CT molecular complexity index is 759.